The van der Waals surface area contributed by atoms with Crippen LogP contribution in [0.4, 0.5) is 13.2 Å². The van der Waals surface area contributed by atoms with Gasteiger partial charge in [0.15, 0.2) is 0 Å². The summed E-state index contributed by atoms with van der Waals surface area (Å²) >= 11 is 1.31. The Hall–Kier alpha value is -1.40. The molecule has 0 spiro atoms. The summed E-state index contributed by atoms with van der Waals surface area (Å²) in [6, 6.07) is 4.92. The van der Waals surface area contributed by atoms with E-state index in [0.29, 0.717) is 10.6 Å². The molecule has 0 saturated heterocycles. The van der Waals surface area contributed by atoms with Crippen molar-refractivity contribution >= 4 is 11.3 Å². The van der Waals surface area contributed by atoms with Gasteiger partial charge in [-0.1, -0.05) is 32.9 Å². The third kappa shape index (κ3) is 3.44. The zero-order valence-electron chi connectivity index (χ0n) is 12.0. The average molecular weight is 315 g/mol. The number of benzene rings is 1. The van der Waals surface area contributed by atoms with Gasteiger partial charge in [0.1, 0.15) is 5.01 Å². The molecule has 2 aromatic rings. The number of aromatic nitrogens is 1. The Morgan fingerprint density at radius 3 is 2.05 bits per heavy atom. The van der Waals surface area contributed by atoms with Crippen molar-refractivity contribution < 1.29 is 18.3 Å². The predicted molar refractivity (Wildman–Crippen MR) is 77.2 cm³/mol. The lowest BCUT2D eigenvalue weighted by Crippen LogP contribution is -2.14. The number of alkyl halides is 3. The average Bonchev–Trinajstić information content (AvgIpc) is 2.82. The zero-order valence-corrected chi connectivity index (χ0v) is 12.8. The highest BCUT2D eigenvalue weighted by Crippen LogP contribution is 2.36. The molecule has 0 aliphatic carbocycles. The van der Waals surface area contributed by atoms with Crippen molar-refractivity contribution in [3.05, 3.63) is 40.4 Å². The molecule has 0 radical (unpaired) electrons. The molecular weight excluding hydrogens is 299 g/mol. The highest BCUT2D eigenvalue weighted by molar-refractivity contribution is 7.15. The minimum atomic E-state index is -4.34. The SMILES string of the molecule is CC(C)(C)c1nc(-c2ccc(C(F)(F)F)cc2)sc1CO. The van der Waals surface area contributed by atoms with Crippen LogP contribution in [0.15, 0.2) is 24.3 Å². The molecule has 0 unspecified atom stereocenters. The van der Waals surface area contributed by atoms with E-state index in [9.17, 15) is 18.3 Å². The first-order valence-electron chi connectivity index (χ1n) is 6.41. The fourth-order valence-corrected chi connectivity index (χ4v) is 3.11. The van der Waals surface area contributed by atoms with Gasteiger partial charge in [-0.2, -0.15) is 13.2 Å². The number of hydrogen-bond donors (Lipinski definition) is 1. The number of rotatable bonds is 2. The van der Waals surface area contributed by atoms with E-state index in [-0.39, 0.29) is 12.0 Å². The Balaban J connectivity index is 2.41. The van der Waals surface area contributed by atoms with E-state index in [1.54, 1.807) is 0 Å². The topological polar surface area (TPSA) is 33.1 Å². The van der Waals surface area contributed by atoms with Crippen molar-refractivity contribution in [1.29, 1.82) is 0 Å². The Morgan fingerprint density at radius 2 is 1.67 bits per heavy atom. The van der Waals surface area contributed by atoms with Gasteiger partial charge in [0.2, 0.25) is 0 Å². The number of aliphatic hydroxyl groups excluding tert-OH is 1. The lowest BCUT2D eigenvalue weighted by Gasteiger charge is -2.16. The predicted octanol–water partition coefficient (Wildman–Crippen LogP) is 4.62. The van der Waals surface area contributed by atoms with Gasteiger partial charge >= 0.3 is 6.18 Å². The molecule has 1 aromatic heterocycles. The largest absolute Gasteiger partial charge is 0.416 e. The van der Waals surface area contributed by atoms with Crippen LogP contribution in [0.25, 0.3) is 10.6 Å². The molecular formula is C15H16F3NOS. The standard InChI is InChI=1S/C15H16F3NOS/c1-14(2,3)12-11(8-20)21-13(19-12)9-4-6-10(7-5-9)15(16,17)18/h4-7,20H,8H2,1-3H3. The molecule has 2 rings (SSSR count). The quantitative estimate of drug-likeness (QED) is 0.877. The molecule has 1 aromatic carbocycles. The van der Waals surface area contributed by atoms with E-state index < -0.39 is 11.7 Å². The maximum absolute atomic E-state index is 12.6. The van der Waals surface area contributed by atoms with Crippen LogP contribution in [0, 0.1) is 0 Å². The number of hydrogen-bond acceptors (Lipinski definition) is 3. The van der Waals surface area contributed by atoms with Gasteiger partial charge in [0.05, 0.1) is 22.7 Å². The van der Waals surface area contributed by atoms with Crippen LogP contribution in [0.3, 0.4) is 0 Å². The molecule has 2 nitrogen and oxygen atoms in total. The summed E-state index contributed by atoms with van der Waals surface area (Å²) in [6.07, 6.45) is -4.34. The first kappa shape index (κ1) is 16.0. The number of aliphatic hydroxyl groups is 1. The van der Waals surface area contributed by atoms with Crippen LogP contribution in [0.5, 0.6) is 0 Å². The van der Waals surface area contributed by atoms with Gasteiger partial charge in [0, 0.05) is 11.0 Å². The summed E-state index contributed by atoms with van der Waals surface area (Å²) in [5.41, 5.74) is 0.503. The van der Waals surface area contributed by atoms with Gasteiger partial charge < -0.3 is 5.11 Å². The second kappa shape index (κ2) is 5.42. The fourth-order valence-electron chi connectivity index (χ4n) is 1.97. The molecule has 0 bridgehead atoms. The van der Waals surface area contributed by atoms with Crippen molar-refractivity contribution in [2.45, 2.75) is 39.0 Å². The molecule has 0 amide bonds. The number of halogens is 3. The minimum absolute atomic E-state index is 0.120. The van der Waals surface area contributed by atoms with E-state index in [1.807, 2.05) is 20.8 Å². The second-order valence-corrected chi connectivity index (χ2v) is 6.86. The summed E-state index contributed by atoms with van der Waals surface area (Å²) in [5.74, 6) is 0. The Bertz CT molecular complexity index is 624. The summed E-state index contributed by atoms with van der Waals surface area (Å²) in [6.45, 7) is 5.83. The van der Waals surface area contributed by atoms with Crippen molar-refractivity contribution in [3.8, 4) is 10.6 Å². The van der Waals surface area contributed by atoms with Gasteiger partial charge in [-0.25, -0.2) is 4.98 Å². The first-order chi connectivity index (χ1) is 9.63. The molecule has 0 atom stereocenters. The molecule has 1 N–H and O–H groups in total. The fraction of sp³-hybridized carbons (Fsp3) is 0.400. The molecule has 0 fully saturated rings. The third-order valence-corrected chi connectivity index (χ3v) is 4.10. The highest BCUT2D eigenvalue weighted by atomic mass is 32.1. The minimum Gasteiger partial charge on any atom is -0.391 e. The third-order valence-electron chi connectivity index (χ3n) is 3.01. The Kier molecular flexibility index (Phi) is 4.13. The number of thiazole rings is 1. The van der Waals surface area contributed by atoms with E-state index in [4.69, 9.17) is 0 Å². The van der Waals surface area contributed by atoms with Crippen molar-refractivity contribution in [3.63, 3.8) is 0 Å². The molecule has 114 valence electrons. The lowest BCUT2D eigenvalue weighted by molar-refractivity contribution is -0.137. The van der Waals surface area contributed by atoms with Gasteiger partial charge in [-0.15, -0.1) is 11.3 Å². The van der Waals surface area contributed by atoms with Gasteiger partial charge in [-0.05, 0) is 12.1 Å². The van der Waals surface area contributed by atoms with Crippen LogP contribution < -0.4 is 0 Å². The molecule has 0 saturated carbocycles. The van der Waals surface area contributed by atoms with Crippen molar-refractivity contribution in [1.82, 2.24) is 4.98 Å². The summed E-state index contributed by atoms with van der Waals surface area (Å²) in [4.78, 5) is 5.24. The van der Waals surface area contributed by atoms with Crippen LogP contribution >= 0.6 is 11.3 Å². The highest BCUT2D eigenvalue weighted by Gasteiger charge is 2.30. The van der Waals surface area contributed by atoms with E-state index >= 15 is 0 Å². The summed E-state index contributed by atoms with van der Waals surface area (Å²) < 4.78 is 37.7. The zero-order chi connectivity index (χ0) is 15.8. The van der Waals surface area contributed by atoms with E-state index in [2.05, 4.69) is 4.98 Å². The Labute approximate surface area is 125 Å². The summed E-state index contributed by atoms with van der Waals surface area (Å²) in [5, 5.41) is 10.0. The van der Waals surface area contributed by atoms with Crippen molar-refractivity contribution in [2.24, 2.45) is 0 Å². The maximum Gasteiger partial charge on any atom is 0.416 e. The monoisotopic (exact) mass is 315 g/mol. The summed E-state index contributed by atoms with van der Waals surface area (Å²) in [7, 11) is 0. The van der Waals surface area contributed by atoms with Crippen molar-refractivity contribution in [2.75, 3.05) is 0 Å². The van der Waals surface area contributed by atoms with Gasteiger partial charge in [-0.3, -0.25) is 0 Å². The van der Waals surface area contributed by atoms with E-state index in [0.717, 1.165) is 22.7 Å². The molecule has 6 heteroatoms. The first-order valence-corrected chi connectivity index (χ1v) is 7.23. The number of nitrogens with zero attached hydrogens (tertiary/aromatic N) is 1. The van der Waals surface area contributed by atoms with Crippen LogP contribution in [0.2, 0.25) is 0 Å². The van der Waals surface area contributed by atoms with Gasteiger partial charge in [0.25, 0.3) is 0 Å². The normalized spacial score (nSPS) is 12.7. The molecule has 0 aliphatic heterocycles. The van der Waals surface area contributed by atoms with Crippen LogP contribution in [0.1, 0.15) is 36.9 Å². The smallest absolute Gasteiger partial charge is 0.391 e. The molecule has 1 heterocycles. The Morgan fingerprint density at radius 1 is 1.10 bits per heavy atom. The lowest BCUT2D eigenvalue weighted by atomic mass is 9.91. The van der Waals surface area contributed by atoms with Crippen LogP contribution in [-0.4, -0.2) is 10.1 Å². The van der Waals surface area contributed by atoms with E-state index in [1.165, 1.54) is 23.5 Å². The maximum atomic E-state index is 12.6. The molecule has 21 heavy (non-hydrogen) atoms. The van der Waals surface area contributed by atoms with Crippen LogP contribution in [-0.2, 0) is 18.2 Å². The molecule has 0 aliphatic rings. The second-order valence-electron chi connectivity index (χ2n) is 5.77.